The van der Waals surface area contributed by atoms with Gasteiger partial charge in [-0.15, -0.1) is 0 Å². The molecule has 0 bridgehead atoms. The van der Waals surface area contributed by atoms with Crippen molar-refractivity contribution in [2.45, 2.75) is 6.92 Å². The van der Waals surface area contributed by atoms with E-state index < -0.39 is 0 Å². The molecule has 1 aromatic rings. The van der Waals surface area contributed by atoms with Gasteiger partial charge in [-0.3, -0.25) is 5.84 Å². The normalized spacial score (nSPS) is 9.64. The first-order valence-corrected chi connectivity index (χ1v) is 5.20. The Morgan fingerprint density at radius 2 is 2.36 bits per heavy atom. The molecule has 0 aliphatic carbocycles. The predicted octanol–water partition coefficient (Wildman–Crippen LogP) is 1.75. The first kappa shape index (κ1) is 11.3. The van der Waals surface area contributed by atoms with Crippen LogP contribution in [-0.2, 0) is 4.74 Å². The lowest BCUT2D eigenvalue weighted by atomic mass is 10.2. The number of carbonyl (C=O) groups is 1. The number of halogens is 1. The van der Waals surface area contributed by atoms with E-state index >= 15 is 0 Å². The summed E-state index contributed by atoms with van der Waals surface area (Å²) in [4.78, 5) is 11.5. The lowest BCUT2D eigenvalue weighted by Crippen LogP contribution is -2.15. The maximum atomic E-state index is 11.5. The fourth-order valence-corrected chi connectivity index (χ4v) is 1.77. The summed E-state index contributed by atoms with van der Waals surface area (Å²) in [6, 6.07) is 5.38. The third-order valence-corrected chi connectivity index (χ3v) is 2.55. The van der Waals surface area contributed by atoms with Crippen molar-refractivity contribution in [2.24, 2.45) is 5.84 Å². The van der Waals surface area contributed by atoms with Gasteiger partial charge in [0.15, 0.2) is 0 Å². The summed E-state index contributed by atoms with van der Waals surface area (Å²) in [6.07, 6.45) is 0. The van der Waals surface area contributed by atoms with Crippen LogP contribution in [0.15, 0.2) is 18.2 Å². The summed E-state index contributed by atoms with van der Waals surface area (Å²) in [5, 5.41) is 0. The molecular formula is C9H11IN2O2. The van der Waals surface area contributed by atoms with Crippen molar-refractivity contribution in [3.63, 3.8) is 0 Å². The fourth-order valence-electron chi connectivity index (χ4n) is 1.06. The van der Waals surface area contributed by atoms with E-state index in [4.69, 9.17) is 10.6 Å². The first-order chi connectivity index (χ1) is 6.70. The Morgan fingerprint density at radius 1 is 1.64 bits per heavy atom. The Kier molecular flexibility index (Phi) is 4.15. The van der Waals surface area contributed by atoms with Crippen molar-refractivity contribution >= 4 is 34.2 Å². The van der Waals surface area contributed by atoms with Crippen LogP contribution in [0.4, 0.5) is 5.69 Å². The van der Waals surface area contributed by atoms with Gasteiger partial charge in [0.1, 0.15) is 0 Å². The molecule has 5 heteroatoms. The number of benzene rings is 1. The van der Waals surface area contributed by atoms with Gasteiger partial charge in [-0.05, 0) is 41.6 Å². The highest BCUT2D eigenvalue weighted by molar-refractivity contribution is 14.1. The summed E-state index contributed by atoms with van der Waals surface area (Å²) >= 11 is 2.07. The van der Waals surface area contributed by atoms with Crippen molar-refractivity contribution in [1.29, 1.82) is 0 Å². The number of esters is 1. The maximum absolute atomic E-state index is 11.5. The second kappa shape index (κ2) is 5.16. The van der Waals surface area contributed by atoms with E-state index in [9.17, 15) is 4.79 Å². The van der Waals surface area contributed by atoms with Crippen LogP contribution in [0.5, 0.6) is 0 Å². The second-order valence-electron chi connectivity index (χ2n) is 2.53. The molecule has 4 nitrogen and oxygen atoms in total. The van der Waals surface area contributed by atoms with Gasteiger partial charge in [-0.1, -0.05) is 6.07 Å². The summed E-state index contributed by atoms with van der Waals surface area (Å²) in [7, 11) is 0. The van der Waals surface area contributed by atoms with Crippen LogP contribution in [0.1, 0.15) is 17.3 Å². The first-order valence-electron chi connectivity index (χ1n) is 4.13. The number of nitrogen functional groups attached to an aromatic ring is 1. The standard InChI is InChI=1S/C9H11IN2O2/c1-2-14-9(13)8-6(10)4-3-5-7(8)12-11/h3-5,12H,2,11H2,1H3. The number of carbonyl (C=O) groups excluding carboxylic acids is 1. The molecule has 3 N–H and O–H groups in total. The molecule has 0 saturated carbocycles. The average Bonchev–Trinajstić information content (AvgIpc) is 2.17. The molecule has 0 amide bonds. The molecule has 1 rings (SSSR count). The van der Waals surface area contributed by atoms with Crippen molar-refractivity contribution in [3.8, 4) is 0 Å². The van der Waals surface area contributed by atoms with E-state index in [2.05, 4.69) is 28.0 Å². The minimum absolute atomic E-state index is 0.355. The van der Waals surface area contributed by atoms with Crippen LogP contribution in [0.2, 0.25) is 0 Å². The van der Waals surface area contributed by atoms with Crippen LogP contribution in [-0.4, -0.2) is 12.6 Å². The monoisotopic (exact) mass is 306 g/mol. The Hall–Kier alpha value is -0.820. The molecule has 0 fully saturated rings. The zero-order chi connectivity index (χ0) is 10.6. The molecule has 0 aromatic heterocycles. The highest BCUT2D eigenvalue weighted by atomic mass is 127. The molecule has 0 saturated heterocycles. The van der Waals surface area contributed by atoms with E-state index in [-0.39, 0.29) is 5.97 Å². The Balaban J connectivity index is 3.10. The van der Waals surface area contributed by atoms with E-state index in [0.29, 0.717) is 17.9 Å². The van der Waals surface area contributed by atoms with Gasteiger partial charge >= 0.3 is 5.97 Å². The van der Waals surface area contributed by atoms with E-state index in [1.165, 1.54) is 0 Å². The highest BCUT2D eigenvalue weighted by Crippen LogP contribution is 2.21. The van der Waals surface area contributed by atoms with Crippen molar-refractivity contribution in [3.05, 3.63) is 27.3 Å². The van der Waals surface area contributed by atoms with Crippen molar-refractivity contribution in [1.82, 2.24) is 0 Å². The molecule has 1 aromatic carbocycles. The lowest BCUT2D eigenvalue weighted by Gasteiger charge is -2.09. The van der Waals surface area contributed by atoms with Crippen LogP contribution >= 0.6 is 22.6 Å². The summed E-state index contributed by atoms with van der Waals surface area (Å²) in [6.45, 7) is 2.12. The van der Waals surface area contributed by atoms with Gasteiger partial charge in [0.25, 0.3) is 0 Å². The van der Waals surface area contributed by atoms with Crippen LogP contribution in [0.25, 0.3) is 0 Å². The minimum Gasteiger partial charge on any atom is -0.462 e. The summed E-state index contributed by atoms with van der Waals surface area (Å²) in [5.41, 5.74) is 3.53. The van der Waals surface area contributed by atoms with E-state index in [0.717, 1.165) is 3.57 Å². The van der Waals surface area contributed by atoms with Crippen molar-refractivity contribution < 1.29 is 9.53 Å². The SMILES string of the molecule is CCOC(=O)c1c(I)cccc1NN. The molecule has 0 spiro atoms. The smallest absolute Gasteiger partial charge is 0.341 e. The van der Waals surface area contributed by atoms with Gasteiger partial charge in [0.2, 0.25) is 0 Å². The van der Waals surface area contributed by atoms with Gasteiger partial charge < -0.3 is 10.2 Å². The van der Waals surface area contributed by atoms with E-state index in [1.54, 1.807) is 13.0 Å². The number of rotatable bonds is 3. The Morgan fingerprint density at radius 3 is 2.93 bits per heavy atom. The third-order valence-electron chi connectivity index (χ3n) is 1.65. The number of hydrogen-bond donors (Lipinski definition) is 2. The van der Waals surface area contributed by atoms with Crippen molar-refractivity contribution in [2.75, 3.05) is 12.0 Å². The average molecular weight is 306 g/mol. The van der Waals surface area contributed by atoms with Gasteiger partial charge in [-0.2, -0.15) is 0 Å². The third kappa shape index (κ3) is 2.36. The number of nitrogens with two attached hydrogens (primary N) is 1. The zero-order valence-electron chi connectivity index (χ0n) is 7.71. The number of anilines is 1. The maximum Gasteiger partial charge on any atom is 0.341 e. The number of ether oxygens (including phenoxy) is 1. The lowest BCUT2D eigenvalue weighted by molar-refractivity contribution is 0.0526. The zero-order valence-corrected chi connectivity index (χ0v) is 9.87. The highest BCUT2D eigenvalue weighted by Gasteiger charge is 2.15. The van der Waals surface area contributed by atoms with Crippen LogP contribution in [0.3, 0.4) is 0 Å². The van der Waals surface area contributed by atoms with Crippen LogP contribution < -0.4 is 11.3 Å². The Labute approximate surface area is 95.9 Å². The number of hydrazine groups is 1. The molecule has 0 radical (unpaired) electrons. The van der Waals surface area contributed by atoms with Crippen LogP contribution in [0, 0.1) is 3.57 Å². The minimum atomic E-state index is -0.356. The molecule has 0 heterocycles. The molecule has 0 aliphatic heterocycles. The molecule has 76 valence electrons. The van der Waals surface area contributed by atoms with Gasteiger partial charge in [0.05, 0.1) is 17.9 Å². The quantitative estimate of drug-likeness (QED) is 0.386. The topological polar surface area (TPSA) is 64.3 Å². The molecule has 14 heavy (non-hydrogen) atoms. The molecule has 0 unspecified atom stereocenters. The number of nitrogens with one attached hydrogen (secondary N) is 1. The second-order valence-corrected chi connectivity index (χ2v) is 3.69. The van der Waals surface area contributed by atoms with Gasteiger partial charge in [-0.25, -0.2) is 4.79 Å². The summed E-state index contributed by atoms with van der Waals surface area (Å²) in [5.74, 6) is 4.94. The fraction of sp³-hybridized carbons (Fsp3) is 0.222. The molecule has 0 aliphatic rings. The number of hydrogen-bond acceptors (Lipinski definition) is 4. The predicted molar refractivity (Wildman–Crippen MR) is 62.9 cm³/mol. The Bertz CT molecular complexity index is 342. The molecular weight excluding hydrogens is 295 g/mol. The largest absolute Gasteiger partial charge is 0.462 e. The summed E-state index contributed by atoms with van der Waals surface area (Å²) < 4.78 is 5.73. The van der Waals surface area contributed by atoms with E-state index in [1.807, 2.05) is 12.1 Å². The van der Waals surface area contributed by atoms with Gasteiger partial charge in [0, 0.05) is 3.57 Å². The molecule has 0 atom stereocenters.